The van der Waals surface area contributed by atoms with Crippen molar-refractivity contribution in [3.8, 4) is 0 Å². The number of amides is 2. The Labute approximate surface area is 144 Å². The highest BCUT2D eigenvalue weighted by Gasteiger charge is 2.32. The first-order valence-corrected chi connectivity index (χ1v) is 7.98. The number of carbonyl (C=O) groups is 2. The van der Waals surface area contributed by atoms with Crippen molar-refractivity contribution in [1.82, 2.24) is 5.32 Å². The number of nitrogens with one attached hydrogen (secondary N) is 1. The molecule has 25 heavy (non-hydrogen) atoms. The third-order valence-electron chi connectivity index (χ3n) is 4.44. The second kappa shape index (κ2) is 6.63. The lowest BCUT2D eigenvalue weighted by Crippen LogP contribution is -2.37. The molecule has 1 atom stereocenters. The lowest BCUT2D eigenvalue weighted by Gasteiger charge is -2.18. The first kappa shape index (κ1) is 17.1. The Morgan fingerprint density at radius 1 is 1.08 bits per heavy atom. The Bertz CT molecular complexity index is 851. The SMILES string of the molecule is Cc1ccc(N2CC(NC(=O)c3ccc(F)c(F)c3)CC2=O)cc1C. The van der Waals surface area contributed by atoms with E-state index in [-0.39, 0.29) is 23.9 Å². The molecule has 0 spiro atoms. The summed E-state index contributed by atoms with van der Waals surface area (Å²) in [5, 5.41) is 2.71. The van der Waals surface area contributed by atoms with Crippen LogP contribution in [0.2, 0.25) is 0 Å². The predicted octanol–water partition coefficient (Wildman–Crippen LogP) is 3.12. The van der Waals surface area contributed by atoms with Crippen molar-refractivity contribution in [2.45, 2.75) is 26.3 Å². The Balaban J connectivity index is 1.70. The molecule has 1 unspecified atom stereocenters. The molecule has 0 bridgehead atoms. The topological polar surface area (TPSA) is 49.4 Å². The Kier molecular flexibility index (Phi) is 4.53. The van der Waals surface area contributed by atoms with Crippen LogP contribution in [-0.2, 0) is 4.79 Å². The van der Waals surface area contributed by atoms with Crippen LogP contribution in [-0.4, -0.2) is 24.4 Å². The van der Waals surface area contributed by atoms with Crippen LogP contribution in [0.3, 0.4) is 0 Å². The van der Waals surface area contributed by atoms with Gasteiger partial charge in [0.15, 0.2) is 11.6 Å². The number of carbonyl (C=O) groups excluding carboxylic acids is 2. The van der Waals surface area contributed by atoms with Gasteiger partial charge in [-0.15, -0.1) is 0 Å². The molecule has 1 heterocycles. The number of halogens is 2. The van der Waals surface area contributed by atoms with E-state index in [0.717, 1.165) is 28.9 Å². The van der Waals surface area contributed by atoms with Crippen molar-refractivity contribution in [3.63, 3.8) is 0 Å². The van der Waals surface area contributed by atoms with Crippen molar-refractivity contribution in [2.24, 2.45) is 0 Å². The molecular formula is C19H18F2N2O2. The minimum Gasteiger partial charge on any atom is -0.347 e. The summed E-state index contributed by atoms with van der Waals surface area (Å²) in [6.07, 6.45) is 0.169. The van der Waals surface area contributed by atoms with Crippen molar-refractivity contribution >= 4 is 17.5 Å². The number of nitrogens with zero attached hydrogens (tertiary/aromatic N) is 1. The van der Waals surface area contributed by atoms with Gasteiger partial charge in [-0.1, -0.05) is 6.07 Å². The van der Waals surface area contributed by atoms with Gasteiger partial charge in [0.25, 0.3) is 5.91 Å². The Morgan fingerprint density at radius 3 is 2.52 bits per heavy atom. The molecule has 0 saturated carbocycles. The molecule has 3 rings (SSSR count). The number of rotatable bonds is 3. The standard InChI is InChI=1S/C19H18F2N2O2/c1-11-3-5-15(7-12(11)2)23-10-14(9-18(23)24)22-19(25)13-4-6-16(20)17(21)8-13/h3-8,14H,9-10H2,1-2H3,(H,22,25). The van der Waals surface area contributed by atoms with Gasteiger partial charge < -0.3 is 10.2 Å². The summed E-state index contributed by atoms with van der Waals surface area (Å²) < 4.78 is 26.2. The molecule has 130 valence electrons. The first-order valence-electron chi connectivity index (χ1n) is 7.98. The largest absolute Gasteiger partial charge is 0.347 e. The number of hydrogen-bond donors (Lipinski definition) is 1. The Morgan fingerprint density at radius 2 is 1.84 bits per heavy atom. The summed E-state index contributed by atoms with van der Waals surface area (Å²) in [7, 11) is 0. The molecule has 2 aromatic rings. The molecule has 1 saturated heterocycles. The summed E-state index contributed by atoms with van der Waals surface area (Å²) in [4.78, 5) is 26.1. The summed E-state index contributed by atoms with van der Waals surface area (Å²) in [6.45, 7) is 4.31. The van der Waals surface area contributed by atoms with Crippen molar-refractivity contribution in [2.75, 3.05) is 11.4 Å². The maximum Gasteiger partial charge on any atom is 0.251 e. The zero-order chi connectivity index (χ0) is 18.1. The van der Waals surface area contributed by atoms with E-state index >= 15 is 0 Å². The fraction of sp³-hybridized carbons (Fsp3) is 0.263. The Hall–Kier alpha value is -2.76. The monoisotopic (exact) mass is 344 g/mol. The van der Waals surface area contributed by atoms with Gasteiger partial charge >= 0.3 is 0 Å². The van der Waals surface area contributed by atoms with E-state index in [2.05, 4.69) is 5.32 Å². The van der Waals surface area contributed by atoms with Gasteiger partial charge in [0, 0.05) is 24.2 Å². The van der Waals surface area contributed by atoms with E-state index in [1.165, 1.54) is 6.07 Å². The molecule has 0 aliphatic carbocycles. The molecule has 1 aliphatic rings. The average Bonchev–Trinajstić information content (AvgIpc) is 2.93. The number of anilines is 1. The minimum absolute atomic E-state index is 0.0241. The highest BCUT2D eigenvalue weighted by Crippen LogP contribution is 2.24. The van der Waals surface area contributed by atoms with Gasteiger partial charge in [0.05, 0.1) is 6.04 Å². The molecule has 2 aromatic carbocycles. The molecule has 6 heteroatoms. The van der Waals surface area contributed by atoms with Crippen LogP contribution in [0.5, 0.6) is 0 Å². The van der Waals surface area contributed by atoms with E-state index in [1.807, 2.05) is 32.0 Å². The molecular weight excluding hydrogens is 326 g/mol. The van der Waals surface area contributed by atoms with Gasteiger partial charge in [0.1, 0.15) is 0 Å². The lowest BCUT2D eigenvalue weighted by molar-refractivity contribution is -0.117. The minimum atomic E-state index is -1.08. The van der Waals surface area contributed by atoms with Crippen LogP contribution < -0.4 is 10.2 Å². The smallest absolute Gasteiger partial charge is 0.251 e. The number of hydrogen-bond acceptors (Lipinski definition) is 2. The summed E-state index contributed by atoms with van der Waals surface area (Å²) in [6, 6.07) is 8.35. The molecule has 2 amide bonds. The third-order valence-corrected chi connectivity index (χ3v) is 4.44. The van der Waals surface area contributed by atoms with E-state index in [0.29, 0.717) is 6.54 Å². The fourth-order valence-corrected chi connectivity index (χ4v) is 2.85. The normalized spacial score (nSPS) is 17.0. The second-order valence-electron chi connectivity index (χ2n) is 6.28. The highest BCUT2D eigenvalue weighted by atomic mass is 19.2. The fourth-order valence-electron chi connectivity index (χ4n) is 2.85. The first-order chi connectivity index (χ1) is 11.8. The molecule has 4 nitrogen and oxygen atoms in total. The molecule has 0 radical (unpaired) electrons. The summed E-state index contributed by atoms with van der Waals surface area (Å²) in [5.74, 6) is -2.70. The van der Waals surface area contributed by atoms with Gasteiger partial charge in [-0.3, -0.25) is 9.59 Å². The van der Waals surface area contributed by atoms with Gasteiger partial charge in [0.2, 0.25) is 5.91 Å². The number of benzene rings is 2. The van der Waals surface area contributed by atoms with E-state index in [4.69, 9.17) is 0 Å². The van der Waals surface area contributed by atoms with Gasteiger partial charge in [-0.25, -0.2) is 8.78 Å². The van der Waals surface area contributed by atoms with Crippen molar-refractivity contribution in [3.05, 3.63) is 64.7 Å². The van der Waals surface area contributed by atoms with Gasteiger partial charge in [-0.2, -0.15) is 0 Å². The van der Waals surface area contributed by atoms with Crippen LogP contribution in [0, 0.1) is 25.5 Å². The second-order valence-corrected chi connectivity index (χ2v) is 6.28. The summed E-state index contributed by atoms with van der Waals surface area (Å²) in [5.41, 5.74) is 3.03. The molecule has 0 aromatic heterocycles. The zero-order valence-corrected chi connectivity index (χ0v) is 14.0. The quantitative estimate of drug-likeness (QED) is 0.930. The molecule has 1 aliphatic heterocycles. The van der Waals surface area contributed by atoms with Crippen LogP contribution in [0.25, 0.3) is 0 Å². The number of aryl methyl sites for hydroxylation is 2. The van der Waals surface area contributed by atoms with E-state index < -0.39 is 17.5 Å². The lowest BCUT2D eigenvalue weighted by atomic mass is 10.1. The van der Waals surface area contributed by atoms with Gasteiger partial charge in [-0.05, 0) is 55.3 Å². The van der Waals surface area contributed by atoms with Crippen molar-refractivity contribution in [1.29, 1.82) is 0 Å². The van der Waals surface area contributed by atoms with Crippen LogP contribution >= 0.6 is 0 Å². The zero-order valence-electron chi connectivity index (χ0n) is 14.0. The summed E-state index contributed by atoms with van der Waals surface area (Å²) >= 11 is 0. The van der Waals surface area contributed by atoms with E-state index in [9.17, 15) is 18.4 Å². The predicted molar refractivity (Wildman–Crippen MR) is 90.5 cm³/mol. The highest BCUT2D eigenvalue weighted by molar-refractivity contribution is 5.99. The maximum atomic E-state index is 13.3. The molecule has 1 N–H and O–H groups in total. The van der Waals surface area contributed by atoms with Crippen LogP contribution in [0.4, 0.5) is 14.5 Å². The van der Waals surface area contributed by atoms with Crippen LogP contribution in [0.15, 0.2) is 36.4 Å². The average molecular weight is 344 g/mol. The van der Waals surface area contributed by atoms with Crippen LogP contribution in [0.1, 0.15) is 27.9 Å². The van der Waals surface area contributed by atoms with Crippen molar-refractivity contribution < 1.29 is 18.4 Å². The van der Waals surface area contributed by atoms with E-state index in [1.54, 1.807) is 4.90 Å². The molecule has 1 fully saturated rings. The maximum absolute atomic E-state index is 13.3. The third kappa shape index (κ3) is 3.52.